The topological polar surface area (TPSA) is 131 Å². The Labute approximate surface area is 184 Å². The summed E-state index contributed by atoms with van der Waals surface area (Å²) >= 11 is 0. The maximum Gasteiger partial charge on any atom is 0.407 e. The van der Waals surface area contributed by atoms with Gasteiger partial charge in [0.2, 0.25) is 5.78 Å². The van der Waals surface area contributed by atoms with Crippen molar-refractivity contribution in [1.29, 1.82) is 0 Å². The molecule has 0 aliphatic carbocycles. The van der Waals surface area contributed by atoms with Gasteiger partial charge >= 0.3 is 6.09 Å². The number of aromatic nitrogens is 3. The molecule has 1 atom stereocenters. The third kappa shape index (κ3) is 5.70. The molecule has 2 heterocycles. The van der Waals surface area contributed by atoms with E-state index in [1.807, 2.05) is 0 Å². The third-order valence-electron chi connectivity index (χ3n) is 4.33. The van der Waals surface area contributed by atoms with Gasteiger partial charge in [-0.15, -0.1) is 0 Å². The quantitative estimate of drug-likeness (QED) is 0.445. The number of fused-ring (bicyclic) bond motifs is 1. The number of aliphatic hydroxyl groups is 1. The van der Waals surface area contributed by atoms with E-state index >= 15 is 0 Å². The Kier molecular flexibility index (Phi) is 6.59. The van der Waals surface area contributed by atoms with Crippen LogP contribution in [0.25, 0.3) is 11.0 Å². The second kappa shape index (κ2) is 9.19. The first kappa shape index (κ1) is 23.0. The molecule has 2 aromatic heterocycles. The molecule has 32 heavy (non-hydrogen) atoms. The van der Waals surface area contributed by atoms with Crippen LogP contribution < -0.4 is 5.32 Å². The predicted octanol–water partition coefficient (Wildman–Crippen LogP) is 2.96. The fourth-order valence-electron chi connectivity index (χ4n) is 2.84. The van der Waals surface area contributed by atoms with E-state index in [0.717, 1.165) is 0 Å². The molecule has 9 heteroatoms. The fourth-order valence-corrected chi connectivity index (χ4v) is 2.84. The van der Waals surface area contributed by atoms with Crippen LogP contribution in [0.5, 0.6) is 0 Å². The minimum atomic E-state index is -1.14. The summed E-state index contributed by atoms with van der Waals surface area (Å²) in [6.45, 7) is 6.80. The second-order valence-electron chi connectivity index (χ2n) is 8.22. The molecule has 166 valence electrons. The SMILES string of the molecule is Cc1cccc(C(=O)C(=O)c2ccc3ncc(C(O)CNC(=O)OC(C)(C)C)nc3c2)n1. The zero-order chi connectivity index (χ0) is 23.5. The summed E-state index contributed by atoms with van der Waals surface area (Å²) in [7, 11) is 0. The van der Waals surface area contributed by atoms with E-state index < -0.39 is 29.4 Å². The van der Waals surface area contributed by atoms with Crippen LogP contribution in [0.3, 0.4) is 0 Å². The van der Waals surface area contributed by atoms with Crippen LogP contribution in [0, 0.1) is 6.92 Å². The lowest BCUT2D eigenvalue weighted by Crippen LogP contribution is -2.35. The summed E-state index contributed by atoms with van der Waals surface area (Å²) in [6, 6.07) is 9.38. The predicted molar refractivity (Wildman–Crippen MR) is 116 cm³/mol. The third-order valence-corrected chi connectivity index (χ3v) is 4.33. The number of nitrogens with zero attached hydrogens (tertiary/aromatic N) is 3. The highest BCUT2D eigenvalue weighted by Gasteiger charge is 2.21. The lowest BCUT2D eigenvalue weighted by molar-refractivity contribution is 0.0490. The minimum Gasteiger partial charge on any atom is -0.444 e. The molecule has 0 radical (unpaired) electrons. The number of alkyl carbamates (subject to hydrolysis) is 1. The van der Waals surface area contributed by atoms with E-state index in [2.05, 4.69) is 20.3 Å². The molecule has 0 fully saturated rings. The maximum absolute atomic E-state index is 12.7. The highest BCUT2D eigenvalue weighted by atomic mass is 16.6. The number of nitrogens with one attached hydrogen (secondary N) is 1. The average molecular weight is 436 g/mol. The lowest BCUT2D eigenvalue weighted by Gasteiger charge is -2.20. The average Bonchev–Trinajstić information content (AvgIpc) is 2.74. The first-order valence-corrected chi connectivity index (χ1v) is 9.98. The van der Waals surface area contributed by atoms with Crippen LogP contribution in [0.2, 0.25) is 0 Å². The first-order chi connectivity index (χ1) is 15.0. The summed E-state index contributed by atoms with van der Waals surface area (Å²) in [5, 5.41) is 12.8. The first-order valence-electron chi connectivity index (χ1n) is 9.98. The molecule has 1 amide bonds. The summed E-state index contributed by atoms with van der Waals surface area (Å²) in [5.41, 5.74) is 1.19. The van der Waals surface area contributed by atoms with Gasteiger partial charge in [0.1, 0.15) is 17.4 Å². The van der Waals surface area contributed by atoms with E-state index in [0.29, 0.717) is 16.7 Å². The van der Waals surface area contributed by atoms with Crippen molar-refractivity contribution in [3.63, 3.8) is 0 Å². The minimum absolute atomic E-state index is 0.0681. The Bertz CT molecular complexity index is 1190. The zero-order valence-electron chi connectivity index (χ0n) is 18.2. The zero-order valence-corrected chi connectivity index (χ0v) is 18.2. The van der Waals surface area contributed by atoms with Crippen molar-refractivity contribution in [1.82, 2.24) is 20.3 Å². The number of hydrogen-bond acceptors (Lipinski definition) is 8. The largest absolute Gasteiger partial charge is 0.444 e. The van der Waals surface area contributed by atoms with Crippen LogP contribution in [0.4, 0.5) is 4.79 Å². The number of rotatable bonds is 6. The van der Waals surface area contributed by atoms with Crippen molar-refractivity contribution in [3.05, 3.63) is 65.2 Å². The Morgan fingerprint density at radius 3 is 2.50 bits per heavy atom. The number of Topliss-reactive ketones (excluding diaryl/α,β-unsaturated/α-hetero) is 2. The highest BCUT2D eigenvalue weighted by molar-refractivity contribution is 6.49. The molecule has 3 aromatic rings. The van der Waals surface area contributed by atoms with Crippen molar-refractivity contribution < 1.29 is 24.2 Å². The molecule has 1 aromatic carbocycles. The van der Waals surface area contributed by atoms with Gasteiger partial charge in [0.25, 0.3) is 5.78 Å². The number of benzene rings is 1. The summed E-state index contributed by atoms with van der Waals surface area (Å²) < 4.78 is 5.13. The number of aliphatic hydroxyl groups excluding tert-OH is 1. The van der Waals surface area contributed by atoms with Gasteiger partial charge in [-0.05, 0) is 58.0 Å². The van der Waals surface area contributed by atoms with Gasteiger partial charge in [0.15, 0.2) is 0 Å². The molecule has 3 rings (SSSR count). The molecule has 0 spiro atoms. The number of carbonyl (C=O) groups is 3. The summed E-state index contributed by atoms with van der Waals surface area (Å²) in [5.74, 6) is -1.44. The number of amides is 1. The highest BCUT2D eigenvalue weighted by Crippen LogP contribution is 2.17. The van der Waals surface area contributed by atoms with Gasteiger partial charge in [0, 0.05) is 11.3 Å². The van der Waals surface area contributed by atoms with Gasteiger partial charge < -0.3 is 15.2 Å². The molecule has 0 aliphatic heterocycles. The van der Waals surface area contributed by atoms with Gasteiger partial charge in [-0.3, -0.25) is 14.6 Å². The molecule has 0 saturated carbocycles. The molecule has 1 unspecified atom stereocenters. The van der Waals surface area contributed by atoms with Gasteiger partial charge in [0.05, 0.1) is 29.5 Å². The van der Waals surface area contributed by atoms with Crippen LogP contribution in [-0.2, 0) is 4.74 Å². The summed E-state index contributed by atoms with van der Waals surface area (Å²) in [6.07, 6.45) is -0.425. The molecular formula is C23H24N4O5. The van der Waals surface area contributed by atoms with Crippen LogP contribution in [0.15, 0.2) is 42.6 Å². The molecule has 2 N–H and O–H groups in total. The van der Waals surface area contributed by atoms with Gasteiger partial charge in [-0.25, -0.2) is 14.8 Å². The van der Waals surface area contributed by atoms with E-state index in [4.69, 9.17) is 4.74 Å². The fraction of sp³-hybridized carbons (Fsp3) is 0.304. The Hall–Kier alpha value is -3.72. The maximum atomic E-state index is 12.7. The number of carbonyl (C=O) groups excluding carboxylic acids is 3. The molecule has 0 saturated heterocycles. The molecule has 0 aliphatic rings. The standard InChI is InChI=1S/C23H24N4O5/c1-13-6-5-7-16(26-13)21(30)20(29)14-8-9-15-17(10-14)27-18(11-24-15)19(28)12-25-22(31)32-23(2,3)4/h5-11,19,28H,12H2,1-4H3,(H,25,31). The Morgan fingerprint density at radius 2 is 1.81 bits per heavy atom. The van der Waals surface area contributed by atoms with Crippen molar-refractivity contribution in [2.24, 2.45) is 0 Å². The molecule has 9 nitrogen and oxygen atoms in total. The monoisotopic (exact) mass is 436 g/mol. The van der Waals surface area contributed by atoms with Crippen LogP contribution >= 0.6 is 0 Å². The summed E-state index contributed by atoms with van der Waals surface area (Å²) in [4.78, 5) is 49.6. The number of ketones is 2. The van der Waals surface area contributed by atoms with Crippen molar-refractivity contribution in [2.75, 3.05) is 6.54 Å². The Morgan fingerprint density at radius 1 is 1.06 bits per heavy atom. The van der Waals surface area contributed by atoms with Gasteiger partial charge in [-0.2, -0.15) is 0 Å². The smallest absolute Gasteiger partial charge is 0.407 e. The van der Waals surface area contributed by atoms with E-state index in [9.17, 15) is 19.5 Å². The Balaban J connectivity index is 1.77. The number of pyridine rings is 1. The number of aryl methyl sites for hydroxylation is 1. The van der Waals surface area contributed by atoms with Crippen molar-refractivity contribution >= 4 is 28.7 Å². The lowest BCUT2D eigenvalue weighted by atomic mass is 10.0. The van der Waals surface area contributed by atoms with E-state index in [1.54, 1.807) is 45.9 Å². The van der Waals surface area contributed by atoms with Crippen LogP contribution in [-0.4, -0.2) is 49.9 Å². The van der Waals surface area contributed by atoms with E-state index in [1.165, 1.54) is 24.4 Å². The van der Waals surface area contributed by atoms with Crippen molar-refractivity contribution in [2.45, 2.75) is 39.4 Å². The molecule has 0 bridgehead atoms. The second-order valence-corrected chi connectivity index (χ2v) is 8.22. The normalized spacial score (nSPS) is 12.3. The molecular weight excluding hydrogens is 412 g/mol. The van der Waals surface area contributed by atoms with Crippen molar-refractivity contribution in [3.8, 4) is 0 Å². The van der Waals surface area contributed by atoms with E-state index in [-0.39, 0.29) is 23.5 Å². The number of ether oxygens (including phenoxy) is 1. The van der Waals surface area contributed by atoms with Gasteiger partial charge in [-0.1, -0.05) is 6.07 Å². The number of hydrogen-bond donors (Lipinski definition) is 2. The van der Waals surface area contributed by atoms with Crippen LogP contribution in [0.1, 0.15) is 59.1 Å².